The van der Waals surface area contributed by atoms with Crippen LogP contribution in [0.4, 0.5) is 0 Å². The fourth-order valence-corrected chi connectivity index (χ4v) is 0. The Bertz CT molecular complexity index is 90.7. The summed E-state index contributed by atoms with van der Waals surface area (Å²) in [5, 5.41) is 0. The van der Waals surface area contributed by atoms with Crippen molar-refractivity contribution in [3.8, 4) is 0 Å². The zero-order chi connectivity index (χ0) is 4.50. The molecular formula is H2O4SSc. The first-order valence-electron chi connectivity index (χ1n) is 0.698. The summed E-state index contributed by atoms with van der Waals surface area (Å²) in [7, 11) is -4.67. The maximum atomic E-state index is 8.74. The van der Waals surface area contributed by atoms with Crippen molar-refractivity contribution in [3.63, 3.8) is 0 Å². The predicted octanol–water partition coefficient (Wildman–Crippen LogP) is -0.655. The average Bonchev–Trinajstić information content (AvgIpc) is 0.722. The van der Waals surface area contributed by atoms with Gasteiger partial charge >= 0.3 is 10.4 Å². The summed E-state index contributed by atoms with van der Waals surface area (Å²) in [4.78, 5) is 0. The van der Waals surface area contributed by atoms with Gasteiger partial charge in [0.2, 0.25) is 0 Å². The molecule has 0 aliphatic rings. The van der Waals surface area contributed by atoms with Gasteiger partial charge < -0.3 is 0 Å². The molecule has 4 nitrogen and oxygen atoms in total. The third kappa shape index (κ3) is 121. The molecule has 0 unspecified atom stereocenters. The number of hydrogen-bond donors (Lipinski definition) is 2. The zero-order valence-electron chi connectivity index (χ0n) is 2.70. The summed E-state index contributed by atoms with van der Waals surface area (Å²) in [5.74, 6) is 0. The Morgan fingerprint density at radius 2 is 1.17 bits per heavy atom. The third-order valence-electron chi connectivity index (χ3n) is 0. The van der Waals surface area contributed by atoms with E-state index in [-0.39, 0.29) is 25.8 Å². The Kier molecular flexibility index (Phi) is 4.68. The summed E-state index contributed by atoms with van der Waals surface area (Å²) in [5.41, 5.74) is 0. The molecule has 0 heterocycles. The standard InChI is InChI=1S/H2O4S.Sc/c1-5(2,3)4;/h(H2,1,2,3,4);. The first-order chi connectivity index (χ1) is 2.00. The van der Waals surface area contributed by atoms with Crippen LogP contribution in [-0.4, -0.2) is 17.5 Å². The summed E-state index contributed by atoms with van der Waals surface area (Å²) in [6.45, 7) is 0. The predicted molar refractivity (Wildman–Crippen MR) is 14.2 cm³/mol. The van der Waals surface area contributed by atoms with Crippen molar-refractivity contribution in [3.05, 3.63) is 0 Å². The SMILES string of the molecule is O=S(=O)(O)O.[Sc]. The fraction of sp³-hybridized carbons (Fsp3) is 0. The second-order valence-corrected chi connectivity index (χ2v) is 1.34. The first-order valence-corrected chi connectivity index (χ1v) is 2.10. The van der Waals surface area contributed by atoms with Crippen LogP contribution < -0.4 is 0 Å². The summed E-state index contributed by atoms with van der Waals surface area (Å²) in [6.07, 6.45) is 0. The van der Waals surface area contributed by atoms with E-state index in [2.05, 4.69) is 0 Å². The molecule has 0 aliphatic heterocycles. The van der Waals surface area contributed by atoms with Gasteiger partial charge in [-0.1, -0.05) is 0 Å². The molecule has 6 heavy (non-hydrogen) atoms. The van der Waals surface area contributed by atoms with Crippen molar-refractivity contribution in [2.75, 3.05) is 0 Å². The number of rotatable bonds is 0. The van der Waals surface area contributed by atoms with Crippen molar-refractivity contribution >= 4 is 10.4 Å². The molecule has 6 heteroatoms. The molecule has 0 spiro atoms. The molecule has 0 rings (SSSR count). The van der Waals surface area contributed by atoms with Crippen molar-refractivity contribution in [2.45, 2.75) is 0 Å². The van der Waals surface area contributed by atoms with E-state index in [1.54, 1.807) is 0 Å². The van der Waals surface area contributed by atoms with Gasteiger partial charge in [0.25, 0.3) is 0 Å². The van der Waals surface area contributed by atoms with E-state index in [9.17, 15) is 0 Å². The first kappa shape index (κ1) is 9.88. The van der Waals surface area contributed by atoms with Crippen LogP contribution >= 0.6 is 0 Å². The van der Waals surface area contributed by atoms with E-state index in [1.807, 2.05) is 0 Å². The maximum Gasteiger partial charge on any atom is 0.394 e. The van der Waals surface area contributed by atoms with E-state index in [4.69, 9.17) is 17.5 Å². The fourth-order valence-electron chi connectivity index (χ4n) is 0. The van der Waals surface area contributed by atoms with Gasteiger partial charge in [-0.05, 0) is 0 Å². The molecule has 0 saturated heterocycles. The Morgan fingerprint density at radius 1 is 1.17 bits per heavy atom. The molecule has 2 N–H and O–H groups in total. The molecule has 0 atom stereocenters. The summed E-state index contributed by atoms with van der Waals surface area (Å²) < 4.78 is 31.6. The molecular weight excluding hydrogens is 141 g/mol. The molecule has 0 aromatic heterocycles. The van der Waals surface area contributed by atoms with Gasteiger partial charge in [0.1, 0.15) is 0 Å². The van der Waals surface area contributed by atoms with E-state index in [0.29, 0.717) is 0 Å². The minimum absolute atomic E-state index is 0. The molecule has 35 valence electrons. The zero-order valence-corrected chi connectivity index (χ0v) is 5.32. The summed E-state index contributed by atoms with van der Waals surface area (Å²) in [6, 6.07) is 0. The van der Waals surface area contributed by atoms with Gasteiger partial charge in [-0.15, -0.1) is 0 Å². The van der Waals surface area contributed by atoms with Gasteiger partial charge in [-0.25, -0.2) is 0 Å². The van der Waals surface area contributed by atoms with Gasteiger partial charge in [-0.3, -0.25) is 9.11 Å². The Balaban J connectivity index is 0. The molecule has 0 amide bonds. The van der Waals surface area contributed by atoms with Crippen LogP contribution in [0.3, 0.4) is 0 Å². The topological polar surface area (TPSA) is 74.6 Å². The van der Waals surface area contributed by atoms with Crippen LogP contribution in [0.15, 0.2) is 0 Å². The van der Waals surface area contributed by atoms with Gasteiger partial charge in [0.05, 0.1) is 0 Å². The van der Waals surface area contributed by atoms with E-state index >= 15 is 0 Å². The van der Waals surface area contributed by atoms with E-state index < -0.39 is 10.4 Å². The molecule has 0 fully saturated rings. The maximum absolute atomic E-state index is 8.74. The smallest absolute Gasteiger partial charge is 0.264 e. The van der Waals surface area contributed by atoms with Gasteiger partial charge in [-0.2, -0.15) is 8.42 Å². The largest absolute Gasteiger partial charge is 0.394 e. The van der Waals surface area contributed by atoms with Crippen molar-refractivity contribution in [1.29, 1.82) is 0 Å². The normalized spacial score (nSPS) is 9.67. The van der Waals surface area contributed by atoms with E-state index in [1.165, 1.54) is 0 Å². The van der Waals surface area contributed by atoms with Crippen LogP contribution in [0, 0.1) is 0 Å². The van der Waals surface area contributed by atoms with Crippen LogP contribution in [0.2, 0.25) is 0 Å². The van der Waals surface area contributed by atoms with Crippen molar-refractivity contribution in [1.82, 2.24) is 0 Å². The molecule has 0 aromatic carbocycles. The molecule has 0 saturated carbocycles. The minimum atomic E-state index is -4.67. The van der Waals surface area contributed by atoms with E-state index in [0.717, 1.165) is 0 Å². The van der Waals surface area contributed by atoms with Crippen molar-refractivity contribution in [2.24, 2.45) is 0 Å². The average molecular weight is 143 g/mol. The monoisotopic (exact) mass is 143 g/mol. The van der Waals surface area contributed by atoms with Crippen LogP contribution in [0.1, 0.15) is 0 Å². The minimum Gasteiger partial charge on any atom is -0.264 e. The van der Waals surface area contributed by atoms with Crippen LogP contribution in [0.25, 0.3) is 0 Å². The Labute approximate surface area is 53.9 Å². The van der Waals surface area contributed by atoms with Crippen molar-refractivity contribution < 1.29 is 43.4 Å². The third-order valence-corrected chi connectivity index (χ3v) is 0. The Hall–Kier alpha value is 0.740. The Morgan fingerprint density at radius 3 is 1.17 bits per heavy atom. The van der Waals surface area contributed by atoms with Crippen LogP contribution in [0.5, 0.6) is 0 Å². The number of hydrogen-bond acceptors (Lipinski definition) is 2. The summed E-state index contributed by atoms with van der Waals surface area (Å²) >= 11 is 0. The molecule has 0 aliphatic carbocycles. The van der Waals surface area contributed by atoms with Gasteiger partial charge in [0.15, 0.2) is 0 Å². The molecule has 0 bridgehead atoms. The quantitative estimate of drug-likeness (QED) is 0.441. The van der Waals surface area contributed by atoms with Crippen LogP contribution in [-0.2, 0) is 36.2 Å². The molecule has 1 radical (unpaired) electrons. The second-order valence-electron chi connectivity index (χ2n) is 0.448. The molecule has 0 aromatic rings. The van der Waals surface area contributed by atoms with Gasteiger partial charge in [0, 0.05) is 25.8 Å². The second kappa shape index (κ2) is 2.84.